The molecule has 1 atom stereocenters. The Hall–Kier alpha value is -4.95. The topological polar surface area (TPSA) is 141 Å². The fourth-order valence-electron chi connectivity index (χ4n) is 5.44. The zero-order valence-corrected chi connectivity index (χ0v) is 22.6. The molecule has 4 heterocycles. The maximum Gasteiger partial charge on any atom is 0.335 e. The third-order valence-electron chi connectivity index (χ3n) is 7.51. The van der Waals surface area contributed by atoms with Gasteiger partial charge < -0.3 is 20.1 Å². The molecule has 0 radical (unpaired) electrons. The predicted octanol–water partition coefficient (Wildman–Crippen LogP) is 3.61. The van der Waals surface area contributed by atoms with E-state index >= 15 is 0 Å². The summed E-state index contributed by atoms with van der Waals surface area (Å²) in [6.45, 7) is 3.67. The van der Waals surface area contributed by atoms with Crippen LogP contribution in [0.25, 0.3) is 16.9 Å². The van der Waals surface area contributed by atoms with Crippen molar-refractivity contribution in [2.45, 2.75) is 25.8 Å². The average molecular weight is 552 g/mol. The summed E-state index contributed by atoms with van der Waals surface area (Å²) in [4.78, 5) is 37.6. The Morgan fingerprint density at radius 2 is 1.88 bits per heavy atom. The number of hydrogen-bond donors (Lipinski definition) is 1. The molecule has 2 aromatic heterocycles. The maximum absolute atomic E-state index is 14.0. The molecule has 2 aliphatic heterocycles. The van der Waals surface area contributed by atoms with Crippen LogP contribution in [0.5, 0.6) is 11.5 Å². The first kappa shape index (κ1) is 26.3. The zero-order valence-electron chi connectivity index (χ0n) is 22.6. The molecule has 0 bridgehead atoms. The molecule has 2 aromatic carbocycles. The second-order valence-corrected chi connectivity index (χ2v) is 10.7. The lowest BCUT2D eigenvalue weighted by Gasteiger charge is -2.36. The van der Waals surface area contributed by atoms with Gasteiger partial charge in [-0.1, -0.05) is 31.2 Å². The van der Waals surface area contributed by atoms with E-state index in [9.17, 15) is 14.9 Å². The van der Waals surface area contributed by atoms with Gasteiger partial charge in [0.2, 0.25) is 0 Å². The van der Waals surface area contributed by atoms with Gasteiger partial charge in [-0.05, 0) is 49.2 Å². The molecular weight excluding hydrogens is 522 g/mol. The highest BCUT2D eigenvalue weighted by Crippen LogP contribution is 2.32. The van der Waals surface area contributed by atoms with E-state index in [0.29, 0.717) is 61.0 Å². The number of ether oxygens (including phenoxy) is 2. The van der Waals surface area contributed by atoms with Crippen molar-refractivity contribution in [1.82, 2.24) is 24.0 Å². The number of likely N-dealkylation sites (tertiary alicyclic amines) is 1. The first-order chi connectivity index (χ1) is 19.9. The second-order valence-electron chi connectivity index (χ2n) is 10.7. The van der Waals surface area contributed by atoms with Crippen molar-refractivity contribution in [1.29, 1.82) is 5.26 Å². The summed E-state index contributed by atoms with van der Waals surface area (Å²) < 4.78 is 14.3. The Labute approximate surface area is 236 Å². The Morgan fingerprint density at radius 1 is 1.15 bits per heavy atom. The first-order valence-corrected chi connectivity index (χ1v) is 13.4. The van der Waals surface area contributed by atoms with Gasteiger partial charge in [0.15, 0.2) is 11.5 Å². The summed E-state index contributed by atoms with van der Waals surface area (Å²) in [6, 6.07) is 18.2. The van der Waals surface area contributed by atoms with Crippen LogP contribution in [-0.4, -0.2) is 56.2 Å². The molecule has 0 aliphatic carbocycles. The number of fused-ring (bicyclic) bond motifs is 1. The van der Waals surface area contributed by atoms with E-state index in [1.807, 2.05) is 37.3 Å². The zero-order chi connectivity index (χ0) is 28.6. The van der Waals surface area contributed by atoms with Gasteiger partial charge >= 0.3 is 5.69 Å². The molecule has 2 N–H and O–H groups in total. The maximum atomic E-state index is 14.0. The molecule has 11 heteroatoms. The van der Waals surface area contributed by atoms with Gasteiger partial charge in [-0.2, -0.15) is 5.26 Å². The smallest absolute Gasteiger partial charge is 0.335 e. The van der Waals surface area contributed by atoms with Crippen LogP contribution in [0, 0.1) is 16.7 Å². The Morgan fingerprint density at radius 3 is 2.56 bits per heavy atom. The number of nitrogens with zero attached hydrogens (tertiary/aromatic N) is 6. The van der Waals surface area contributed by atoms with Crippen LogP contribution in [0.3, 0.4) is 0 Å². The number of hydrogen-bond acceptors (Lipinski definition) is 8. The number of rotatable bonds is 6. The van der Waals surface area contributed by atoms with Crippen LogP contribution in [0.2, 0.25) is 0 Å². The third kappa shape index (κ3) is 4.94. The lowest BCUT2D eigenvalue weighted by Crippen LogP contribution is -2.44. The Kier molecular flexibility index (Phi) is 6.77. The van der Waals surface area contributed by atoms with E-state index in [-0.39, 0.29) is 41.0 Å². The van der Waals surface area contributed by atoms with E-state index in [0.717, 1.165) is 0 Å². The number of carbonyl (C=O) groups excluding carboxylic acids is 1. The number of nitrogens with two attached hydrogens (primary N) is 1. The van der Waals surface area contributed by atoms with E-state index in [1.54, 1.807) is 39.8 Å². The van der Waals surface area contributed by atoms with Crippen LogP contribution < -0.4 is 16.2 Å². The van der Waals surface area contributed by atoms with Crippen LogP contribution in [-0.2, 0) is 9.53 Å². The molecule has 0 spiro atoms. The number of amides is 1. The van der Waals surface area contributed by atoms with Gasteiger partial charge in [0.05, 0.1) is 24.9 Å². The fraction of sp³-hybridized carbons (Fsp3) is 0.300. The number of nitrogen functional groups attached to an aromatic ring is 1. The standard InChI is InChI=1S/C30H29N7O4/c1-30(17-40-18-30)14-20(15-31)28(38)35-13-5-6-22(16-35)37-27-25(26(32)33-19-34-27)36(29(37)39)21-9-11-24(12-10-21)41-23-7-3-2-4-8-23/h2-4,7-12,14,19,22H,5-6,13,16-18H2,1H3,(H2,32,33,34)/t22-/m0/s1. The summed E-state index contributed by atoms with van der Waals surface area (Å²) in [5.41, 5.74) is 7.08. The van der Waals surface area contributed by atoms with E-state index < -0.39 is 0 Å². The second kappa shape index (κ2) is 10.6. The molecule has 11 nitrogen and oxygen atoms in total. The highest BCUT2D eigenvalue weighted by molar-refractivity contribution is 5.97. The number of piperidine rings is 1. The molecule has 2 saturated heterocycles. The van der Waals surface area contributed by atoms with Crippen molar-refractivity contribution in [3.63, 3.8) is 0 Å². The fourth-order valence-corrected chi connectivity index (χ4v) is 5.44. The number of nitriles is 1. The highest BCUT2D eigenvalue weighted by atomic mass is 16.5. The van der Waals surface area contributed by atoms with E-state index in [1.165, 1.54) is 10.9 Å². The van der Waals surface area contributed by atoms with Crippen molar-refractivity contribution in [3.8, 4) is 23.3 Å². The monoisotopic (exact) mass is 551 g/mol. The number of anilines is 1. The minimum Gasteiger partial charge on any atom is -0.457 e. The molecule has 0 unspecified atom stereocenters. The number of imidazole rings is 1. The number of carbonyl (C=O) groups is 1. The Balaban J connectivity index is 1.33. The predicted molar refractivity (Wildman–Crippen MR) is 152 cm³/mol. The number of benzene rings is 2. The summed E-state index contributed by atoms with van der Waals surface area (Å²) in [5.74, 6) is 1.15. The van der Waals surface area contributed by atoms with Crippen molar-refractivity contribution in [2.24, 2.45) is 5.41 Å². The van der Waals surface area contributed by atoms with Crippen molar-refractivity contribution in [3.05, 3.63) is 83.1 Å². The van der Waals surface area contributed by atoms with Gasteiger partial charge in [0.1, 0.15) is 35.0 Å². The van der Waals surface area contributed by atoms with Crippen LogP contribution in [0.4, 0.5) is 5.82 Å². The average Bonchev–Trinajstić information content (AvgIpc) is 3.28. The molecule has 1 amide bonds. The molecule has 208 valence electrons. The first-order valence-electron chi connectivity index (χ1n) is 13.4. The van der Waals surface area contributed by atoms with Crippen molar-refractivity contribution < 1.29 is 14.3 Å². The minimum absolute atomic E-state index is 0.0932. The normalized spacial score (nSPS) is 18.5. The molecular formula is C30H29N7O4. The van der Waals surface area contributed by atoms with E-state index in [2.05, 4.69) is 16.0 Å². The van der Waals surface area contributed by atoms with Gasteiger partial charge in [-0.3, -0.25) is 13.9 Å². The van der Waals surface area contributed by atoms with Crippen molar-refractivity contribution in [2.75, 3.05) is 32.0 Å². The SMILES string of the molecule is CC1(C=C(C#N)C(=O)N2CCC[C@H](n3c(=O)n(-c4ccc(Oc5ccccc5)cc4)c4c(N)ncnc43)C2)COC1. The summed E-state index contributed by atoms with van der Waals surface area (Å²) in [5, 5.41) is 9.74. The summed E-state index contributed by atoms with van der Waals surface area (Å²) in [6.07, 6.45) is 4.37. The third-order valence-corrected chi connectivity index (χ3v) is 7.51. The van der Waals surface area contributed by atoms with Gasteiger partial charge in [0, 0.05) is 18.5 Å². The molecule has 2 fully saturated rings. The minimum atomic E-state index is -0.360. The van der Waals surface area contributed by atoms with E-state index in [4.69, 9.17) is 15.2 Å². The largest absolute Gasteiger partial charge is 0.457 e. The Bertz CT molecular complexity index is 1730. The lowest BCUT2D eigenvalue weighted by molar-refractivity contribution is -0.128. The van der Waals surface area contributed by atoms with Crippen LogP contribution in [0.15, 0.2) is 77.4 Å². The molecule has 0 saturated carbocycles. The molecule has 2 aliphatic rings. The summed E-state index contributed by atoms with van der Waals surface area (Å²) in [7, 11) is 0. The molecule has 6 rings (SSSR count). The van der Waals surface area contributed by atoms with Gasteiger partial charge in [-0.15, -0.1) is 0 Å². The quantitative estimate of drug-likeness (QED) is 0.283. The van der Waals surface area contributed by atoms with Gasteiger partial charge in [0.25, 0.3) is 5.91 Å². The summed E-state index contributed by atoms with van der Waals surface area (Å²) >= 11 is 0. The number of para-hydroxylation sites is 1. The highest BCUT2D eigenvalue weighted by Gasteiger charge is 2.35. The molecule has 41 heavy (non-hydrogen) atoms. The molecule has 4 aromatic rings. The van der Waals surface area contributed by atoms with Crippen LogP contribution in [0.1, 0.15) is 25.8 Å². The number of aromatic nitrogens is 4. The van der Waals surface area contributed by atoms with Gasteiger partial charge in [-0.25, -0.2) is 14.8 Å². The lowest BCUT2D eigenvalue weighted by atomic mass is 9.86. The van der Waals surface area contributed by atoms with Crippen LogP contribution >= 0.6 is 0 Å². The van der Waals surface area contributed by atoms with Crippen molar-refractivity contribution >= 4 is 22.9 Å².